The van der Waals surface area contributed by atoms with Crippen molar-refractivity contribution >= 4 is 22.3 Å². The van der Waals surface area contributed by atoms with Crippen LogP contribution in [0.5, 0.6) is 0 Å². The van der Waals surface area contributed by atoms with Crippen molar-refractivity contribution in [2.24, 2.45) is 23.7 Å². The van der Waals surface area contributed by atoms with Gasteiger partial charge >= 0.3 is 0 Å². The molecule has 67 heavy (non-hydrogen) atoms. The van der Waals surface area contributed by atoms with Gasteiger partial charge < -0.3 is 0 Å². The SMILES string of the molecule is CC(CC[C@H]1C(=O)C(C#N)=C[C@@]2(C)c3nn(-c4cccc5ccccc45)c(-c4ccccc4)c3CC[C@H]12)c1ccc(-n2nc(-c3ccccc3)c3c2[C@]2(C)C=C(C#N)C(=O)[C@H](C)[C@H]2CC3)cc1. The Morgan fingerprint density at radius 3 is 2.04 bits per heavy atom. The minimum absolute atomic E-state index is 0.0120. The first-order valence-electron chi connectivity index (χ1n) is 23.8. The van der Waals surface area contributed by atoms with Crippen molar-refractivity contribution < 1.29 is 9.59 Å². The predicted octanol–water partition coefficient (Wildman–Crippen LogP) is 12.1. The van der Waals surface area contributed by atoms with E-state index >= 15 is 0 Å². The number of aromatic nitrogens is 4. The van der Waals surface area contributed by atoms with Gasteiger partial charge in [-0.1, -0.05) is 149 Å². The Labute approximate surface area is 391 Å². The van der Waals surface area contributed by atoms with Crippen LogP contribution in [0.2, 0.25) is 0 Å². The van der Waals surface area contributed by atoms with E-state index in [0.29, 0.717) is 6.42 Å². The molecule has 0 saturated carbocycles. The summed E-state index contributed by atoms with van der Waals surface area (Å²) < 4.78 is 4.18. The lowest BCUT2D eigenvalue weighted by Gasteiger charge is -2.45. The number of fused-ring (bicyclic) bond motifs is 7. The van der Waals surface area contributed by atoms with Gasteiger partial charge in [-0.25, -0.2) is 9.36 Å². The second-order valence-corrected chi connectivity index (χ2v) is 19.8. The fourth-order valence-electron chi connectivity index (χ4n) is 12.7. The van der Waals surface area contributed by atoms with Gasteiger partial charge in [0, 0.05) is 50.3 Å². The Kier molecular flexibility index (Phi) is 10.2. The largest absolute Gasteiger partial charge is 0.293 e. The number of carbonyl (C=O) groups excluding carboxylic acids is 2. The highest BCUT2D eigenvalue weighted by Crippen LogP contribution is 2.54. The molecule has 8 nitrogen and oxygen atoms in total. The third kappa shape index (κ3) is 6.60. The molecule has 0 fully saturated rings. The standard InChI is InChI=1S/C59H52N6O2/c1-36(38-23-25-44(26-24-38)64-57-47(52(62-64)40-15-7-5-8-16-40)28-30-49-37(2)54(66)42(34-60)33-59(49,57)4)22-27-46-50-31-29-48-53(41-17-9-6-10-18-41)65(51-21-13-19-39-14-11-12-20-45(39)51)63-56(48)58(50,3)32-43(35-61)55(46)67/h5-21,23-26,32-33,36-37,46,49-50H,22,27-31H2,1-4H3/t36?,37-,46-,49-,50-,58-,59-/m1/s1. The van der Waals surface area contributed by atoms with Crippen molar-refractivity contribution in [3.63, 3.8) is 0 Å². The second kappa shape index (κ2) is 16.2. The number of ketones is 2. The van der Waals surface area contributed by atoms with Gasteiger partial charge in [0.1, 0.15) is 12.1 Å². The van der Waals surface area contributed by atoms with Crippen LogP contribution in [-0.2, 0) is 33.3 Å². The molecule has 0 bridgehead atoms. The smallest absolute Gasteiger partial charge is 0.176 e. The Morgan fingerprint density at radius 1 is 0.687 bits per heavy atom. The monoisotopic (exact) mass is 876 g/mol. The van der Waals surface area contributed by atoms with Gasteiger partial charge in [0.25, 0.3) is 0 Å². The van der Waals surface area contributed by atoms with E-state index in [9.17, 15) is 20.1 Å². The Hall–Kier alpha value is -7.42. The quantitative estimate of drug-likeness (QED) is 0.150. The normalized spacial score (nSPS) is 24.6. The molecule has 7 atom stereocenters. The lowest BCUT2D eigenvalue weighted by atomic mass is 9.56. The van der Waals surface area contributed by atoms with Gasteiger partial charge in [-0.05, 0) is 85.4 Å². The molecule has 0 saturated heterocycles. The number of hydrogen-bond acceptors (Lipinski definition) is 6. The fraction of sp³-hybridized carbons (Fsp3) is 0.288. The van der Waals surface area contributed by atoms with Crippen molar-refractivity contribution in [3.8, 4) is 46.0 Å². The molecule has 5 aromatic carbocycles. The van der Waals surface area contributed by atoms with E-state index < -0.39 is 10.8 Å². The fourth-order valence-corrected chi connectivity index (χ4v) is 12.7. The van der Waals surface area contributed by atoms with Crippen LogP contribution < -0.4 is 0 Å². The van der Waals surface area contributed by atoms with Crippen molar-refractivity contribution in [2.45, 2.75) is 83.0 Å². The average molecular weight is 877 g/mol. The van der Waals surface area contributed by atoms with Crippen molar-refractivity contribution in [1.82, 2.24) is 19.6 Å². The van der Waals surface area contributed by atoms with Crippen molar-refractivity contribution in [3.05, 3.63) is 179 Å². The summed E-state index contributed by atoms with van der Waals surface area (Å²) in [6.07, 6.45) is 8.52. The molecule has 0 aliphatic heterocycles. The summed E-state index contributed by atoms with van der Waals surface area (Å²) in [5.74, 6) is -0.540. The molecule has 0 spiro atoms. The molecule has 0 N–H and O–H groups in total. The number of nitriles is 2. The molecular formula is C59H52N6O2. The molecule has 4 aliphatic carbocycles. The molecule has 0 amide bonds. The van der Waals surface area contributed by atoms with Crippen LogP contribution in [0.1, 0.15) is 87.4 Å². The third-order valence-corrected chi connectivity index (χ3v) is 16.1. The maximum absolute atomic E-state index is 14.3. The zero-order chi connectivity index (χ0) is 46.2. The van der Waals surface area contributed by atoms with E-state index in [2.05, 4.69) is 145 Å². The second-order valence-electron chi connectivity index (χ2n) is 19.8. The Morgan fingerprint density at radius 2 is 1.31 bits per heavy atom. The van der Waals surface area contributed by atoms with Gasteiger partial charge in [0.2, 0.25) is 0 Å². The molecule has 1 unspecified atom stereocenters. The highest BCUT2D eigenvalue weighted by atomic mass is 16.1. The van der Waals surface area contributed by atoms with Gasteiger partial charge in [0.05, 0.1) is 45.3 Å². The molecular weight excluding hydrogens is 825 g/mol. The lowest BCUT2D eigenvalue weighted by molar-refractivity contribution is -0.123. The van der Waals surface area contributed by atoms with Crippen molar-refractivity contribution in [2.75, 3.05) is 0 Å². The highest BCUT2D eigenvalue weighted by molar-refractivity contribution is 6.03. The maximum Gasteiger partial charge on any atom is 0.176 e. The first kappa shape index (κ1) is 42.2. The number of hydrogen-bond donors (Lipinski definition) is 0. The third-order valence-electron chi connectivity index (χ3n) is 16.1. The van der Waals surface area contributed by atoms with Crippen LogP contribution in [-0.4, -0.2) is 31.1 Å². The van der Waals surface area contributed by atoms with E-state index in [4.69, 9.17) is 10.2 Å². The Balaban J connectivity index is 0.913. The molecule has 330 valence electrons. The van der Waals surface area contributed by atoms with E-state index in [1.165, 1.54) is 11.1 Å². The Bertz CT molecular complexity index is 3280. The van der Waals surface area contributed by atoms with E-state index in [1.807, 2.05) is 43.3 Å². The summed E-state index contributed by atoms with van der Waals surface area (Å²) in [6.45, 7) is 8.58. The number of nitrogens with zero attached hydrogens (tertiary/aromatic N) is 6. The zero-order valence-corrected chi connectivity index (χ0v) is 38.4. The molecule has 8 heteroatoms. The number of rotatable bonds is 8. The van der Waals surface area contributed by atoms with Crippen LogP contribution >= 0.6 is 0 Å². The molecule has 2 aromatic heterocycles. The number of Topliss-reactive ketones (excluding diaryl/α,β-unsaturated/α-hetero) is 2. The lowest BCUT2D eigenvalue weighted by Crippen LogP contribution is -2.46. The minimum atomic E-state index is -0.620. The minimum Gasteiger partial charge on any atom is -0.293 e. The summed E-state index contributed by atoms with van der Waals surface area (Å²) in [7, 11) is 0. The van der Waals surface area contributed by atoms with Gasteiger partial charge in [-0.15, -0.1) is 0 Å². The van der Waals surface area contributed by atoms with E-state index in [-0.39, 0.29) is 52.3 Å². The van der Waals surface area contributed by atoms with Crippen LogP contribution in [0, 0.1) is 46.3 Å². The van der Waals surface area contributed by atoms with Gasteiger partial charge in [-0.2, -0.15) is 20.7 Å². The molecule has 0 radical (unpaired) electrons. The first-order chi connectivity index (χ1) is 32.5. The summed E-state index contributed by atoms with van der Waals surface area (Å²) in [6, 6.07) is 48.6. The van der Waals surface area contributed by atoms with Crippen LogP contribution in [0.25, 0.3) is 44.7 Å². The van der Waals surface area contributed by atoms with E-state index in [1.54, 1.807) is 0 Å². The zero-order valence-electron chi connectivity index (χ0n) is 38.4. The molecule has 11 rings (SSSR count). The maximum atomic E-state index is 14.3. The summed E-state index contributed by atoms with van der Waals surface area (Å²) >= 11 is 0. The average Bonchev–Trinajstić information content (AvgIpc) is 3.96. The molecule has 4 aliphatic rings. The van der Waals surface area contributed by atoms with Crippen molar-refractivity contribution in [1.29, 1.82) is 10.5 Å². The van der Waals surface area contributed by atoms with Crippen LogP contribution in [0.3, 0.4) is 0 Å². The highest BCUT2D eigenvalue weighted by Gasteiger charge is 2.53. The summed E-state index contributed by atoms with van der Waals surface area (Å²) in [5.41, 5.74) is 10.8. The van der Waals surface area contributed by atoms with E-state index in [0.717, 1.165) is 93.7 Å². The topological polar surface area (TPSA) is 117 Å². The summed E-state index contributed by atoms with van der Waals surface area (Å²) in [4.78, 5) is 27.6. The molecule has 2 heterocycles. The van der Waals surface area contributed by atoms with Gasteiger partial charge in [-0.3, -0.25) is 9.59 Å². The van der Waals surface area contributed by atoms with Crippen LogP contribution in [0.15, 0.2) is 151 Å². The number of carbonyl (C=O) groups is 2. The predicted molar refractivity (Wildman–Crippen MR) is 262 cm³/mol. The number of allylic oxidation sites excluding steroid dienone is 4. The summed E-state index contributed by atoms with van der Waals surface area (Å²) in [5, 5.41) is 33.7. The number of benzene rings is 5. The van der Waals surface area contributed by atoms with Crippen LogP contribution in [0.4, 0.5) is 0 Å². The van der Waals surface area contributed by atoms with Gasteiger partial charge in [0.15, 0.2) is 11.6 Å². The first-order valence-corrected chi connectivity index (χ1v) is 23.8. The molecule has 7 aromatic rings.